The molecule has 0 aliphatic heterocycles. The van der Waals surface area contributed by atoms with Crippen molar-refractivity contribution in [1.82, 2.24) is 15.5 Å². The van der Waals surface area contributed by atoms with Crippen molar-refractivity contribution in [3.05, 3.63) is 34.6 Å². The number of benzene rings is 1. The van der Waals surface area contributed by atoms with E-state index in [1.165, 1.54) is 25.3 Å². The Morgan fingerprint density at radius 1 is 1.35 bits per heavy atom. The van der Waals surface area contributed by atoms with E-state index in [1.807, 2.05) is 19.0 Å². The number of hydrogen-bond acceptors (Lipinski definition) is 2. The molecule has 1 saturated carbocycles. The maximum absolute atomic E-state index is 14.2. The zero-order chi connectivity index (χ0) is 16.8. The monoisotopic (exact) mass is 357 g/mol. The summed E-state index contributed by atoms with van der Waals surface area (Å²) in [4.78, 5) is 1.94. The highest BCUT2D eigenvalue weighted by Crippen LogP contribution is 2.28. The summed E-state index contributed by atoms with van der Waals surface area (Å²) >= 11 is 11.6. The van der Waals surface area contributed by atoms with Gasteiger partial charge in [-0.1, -0.05) is 36.9 Å². The minimum Gasteiger partial charge on any atom is -0.361 e. The van der Waals surface area contributed by atoms with Crippen LogP contribution in [0.2, 0.25) is 5.02 Å². The van der Waals surface area contributed by atoms with Crippen molar-refractivity contribution < 1.29 is 4.39 Å². The zero-order valence-electron chi connectivity index (χ0n) is 13.7. The summed E-state index contributed by atoms with van der Waals surface area (Å²) in [7, 11) is 3.82. The van der Waals surface area contributed by atoms with Gasteiger partial charge in [-0.3, -0.25) is 0 Å². The molecule has 0 amide bonds. The second-order valence-corrected chi connectivity index (χ2v) is 7.12. The molecule has 1 fully saturated rings. The maximum atomic E-state index is 14.2. The van der Waals surface area contributed by atoms with Crippen LogP contribution >= 0.6 is 23.8 Å². The van der Waals surface area contributed by atoms with Gasteiger partial charge in [0.15, 0.2) is 5.11 Å². The molecule has 2 N–H and O–H groups in total. The summed E-state index contributed by atoms with van der Waals surface area (Å²) in [6.45, 7) is 0.506. The Hall–Kier alpha value is -0.910. The molecule has 128 valence electrons. The standard InChI is InChI=1S/C17H25ClFN3S/c1-22(2)15(16-13(18)9-6-10-14(16)19)11-20-17(23)21-12-7-4-3-5-8-12/h6,9-10,12,15H,3-5,7-8,11H2,1-2H3,(H2,20,21,23)/t15-/m1/s1. The predicted molar refractivity (Wildman–Crippen MR) is 98.4 cm³/mol. The molecule has 1 aromatic rings. The number of rotatable bonds is 5. The van der Waals surface area contributed by atoms with E-state index in [0.29, 0.717) is 28.3 Å². The van der Waals surface area contributed by atoms with Gasteiger partial charge in [0, 0.05) is 23.2 Å². The summed E-state index contributed by atoms with van der Waals surface area (Å²) < 4.78 is 14.2. The average molecular weight is 358 g/mol. The third-order valence-corrected chi connectivity index (χ3v) is 4.94. The van der Waals surface area contributed by atoms with Crippen LogP contribution in [0.25, 0.3) is 0 Å². The van der Waals surface area contributed by atoms with Gasteiger partial charge in [0.25, 0.3) is 0 Å². The van der Waals surface area contributed by atoms with Crippen molar-refractivity contribution in [3.63, 3.8) is 0 Å². The largest absolute Gasteiger partial charge is 0.361 e. The first-order chi connectivity index (χ1) is 11.0. The van der Waals surface area contributed by atoms with Crippen LogP contribution in [-0.4, -0.2) is 36.7 Å². The van der Waals surface area contributed by atoms with Crippen molar-refractivity contribution in [1.29, 1.82) is 0 Å². The minimum absolute atomic E-state index is 0.185. The molecule has 2 rings (SSSR count). The van der Waals surface area contributed by atoms with Crippen LogP contribution in [0.15, 0.2) is 18.2 Å². The summed E-state index contributed by atoms with van der Waals surface area (Å²) in [5.74, 6) is -0.288. The first kappa shape index (κ1) is 18.4. The molecule has 0 aromatic heterocycles. The fourth-order valence-electron chi connectivity index (χ4n) is 3.04. The highest BCUT2D eigenvalue weighted by Gasteiger charge is 2.22. The van der Waals surface area contributed by atoms with Crippen molar-refractivity contribution in [2.45, 2.75) is 44.2 Å². The van der Waals surface area contributed by atoms with Crippen LogP contribution in [0, 0.1) is 5.82 Å². The van der Waals surface area contributed by atoms with Crippen LogP contribution in [0.1, 0.15) is 43.7 Å². The Labute approximate surface area is 148 Å². The summed E-state index contributed by atoms with van der Waals surface area (Å²) in [6, 6.07) is 5.05. The molecular formula is C17H25ClFN3S. The normalized spacial score (nSPS) is 17.1. The Balaban J connectivity index is 1.96. The molecule has 0 saturated heterocycles. The van der Waals surface area contributed by atoms with Gasteiger partial charge >= 0.3 is 0 Å². The molecule has 1 aromatic carbocycles. The smallest absolute Gasteiger partial charge is 0.166 e. The molecule has 23 heavy (non-hydrogen) atoms. The van der Waals surface area contributed by atoms with Crippen molar-refractivity contribution in [2.24, 2.45) is 0 Å². The van der Waals surface area contributed by atoms with Crippen LogP contribution in [0.4, 0.5) is 4.39 Å². The van der Waals surface area contributed by atoms with Gasteiger partial charge in [-0.05, 0) is 51.3 Å². The lowest BCUT2D eigenvalue weighted by molar-refractivity contribution is 0.290. The zero-order valence-corrected chi connectivity index (χ0v) is 15.3. The number of thiocarbonyl (C=S) groups is 1. The molecule has 1 atom stereocenters. The molecule has 6 heteroatoms. The lowest BCUT2D eigenvalue weighted by atomic mass is 9.96. The Bertz CT molecular complexity index is 512. The molecule has 0 spiro atoms. The van der Waals surface area contributed by atoms with E-state index in [1.54, 1.807) is 12.1 Å². The average Bonchev–Trinajstić information content (AvgIpc) is 2.50. The Morgan fingerprint density at radius 3 is 2.65 bits per heavy atom. The van der Waals surface area contributed by atoms with Gasteiger partial charge in [-0.25, -0.2) is 4.39 Å². The van der Waals surface area contributed by atoms with Crippen LogP contribution in [0.3, 0.4) is 0 Å². The second-order valence-electron chi connectivity index (χ2n) is 6.30. The van der Waals surface area contributed by atoms with E-state index >= 15 is 0 Å². The fourth-order valence-corrected chi connectivity index (χ4v) is 3.58. The first-order valence-electron chi connectivity index (χ1n) is 8.13. The van der Waals surface area contributed by atoms with Gasteiger partial charge in [0.05, 0.1) is 6.04 Å². The molecule has 0 radical (unpaired) electrons. The molecule has 3 nitrogen and oxygen atoms in total. The van der Waals surface area contributed by atoms with E-state index in [2.05, 4.69) is 10.6 Å². The lowest BCUT2D eigenvalue weighted by Gasteiger charge is -2.28. The first-order valence-corrected chi connectivity index (χ1v) is 8.92. The second kappa shape index (κ2) is 8.81. The number of halogens is 2. The maximum Gasteiger partial charge on any atom is 0.166 e. The van der Waals surface area contributed by atoms with Gasteiger partial charge in [0.1, 0.15) is 5.82 Å². The van der Waals surface area contributed by atoms with Gasteiger partial charge in [0.2, 0.25) is 0 Å². The van der Waals surface area contributed by atoms with Crippen LogP contribution in [0.5, 0.6) is 0 Å². The molecule has 0 bridgehead atoms. The number of likely N-dealkylation sites (N-methyl/N-ethyl adjacent to an activating group) is 1. The molecule has 1 aliphatic rings. The summed E-state index contributed by atoms with van der Waals surface area (Å²) in [5, 5.41) is 7.66. The van der Waals surface area contributed by atoms with E-state index in [0.717, 1.165) is 12.8 Å². The summed E-state index contributed by atoms with van der Waals surface area (Å²) in [5.41, 5.74) is 0.507. The quantitative estimate of drug-likeness (QED) is 0.782. The van der Waals surface area contributed by atoms with Crippen molar-refractivity contribution in [2.75, 3.05) is 20.6 Å². The van der Waals surface area contributed by atoms with Crippen LogP contribution in [-0.2, 0) is 0 Å². The summed E-state index contributed by atoms with van der Waals surface area (Å²) in [6.07, 6.45) is 6.15. The van der Waals surface area contributed by atoms with E-state index in [-0.39, 0.29) is 11.9 Å². The molecular weight excluding hydrogens is 333 g/mol. The van der Waals surface area contributed by atoms with Crippen molar-refractivity contribution >= 4 is 28.9 Å². The Morgan fingerprint density at radius 2 is 2.04 bits per heavy atom. The molecule has 0 unspecified atom stereocenters. The number of nitrogens with zero attached hydrogens (tertiary/aromatic N) is 1. The van der Waals surface area contributed by atoms with E-state index < -0.39 is 0 Å². The molecule has 1 aliphatic carbocycles. The highest BCUT2D eigenvalue weighted by molar-refractivity contribution is 7.80. The highest BCUT2D eigenvalue weighted by atomic mass is 35.5. The van der Waals surface area contributed by atoms with Gasteiger partial charge in [-0.15, -0.1) is 0 Å². The predicted octanol–water partition coefficient (Wildman–Crippen LogP) is 3.88. The lowest BCUT2D eigenvalue weighted by Crippen LogP contribution is -2.45. The number of nitrogens with one attached hydrogen (secondary N) is 2. The fraction of sp³-hybridized carbons (Fsp3) is 0.588. The third-order valence-electron chi connectivity index (χ3n) is 4.35. The Kier molecular flexibility index (Phi) is 7.06. The molecule has 0 heterocycles. The number of hydrogen-bond donors (Lipinski definition) is 2. The third kappa shape index (κ3) is 5.30. The minimum atomic E-state index is -0.288. The van der Waals surface area contributed by atoms with E-state index in [9.17, 15) is 4.39 Å². The van der Waals surface area contributed by atoms with Crippen LogP contribution < -0.4 is 10.6 Å². The SMILES string of the molecule is CN(C)[C@H](CNC(=S)NC1CCCCC1)c1c(F)cccc1Cl. The van der Waals surface area contributed by atoms with Crippen molar-refractivity contribution in [3.8, 4) is 0 Å². The topological polar surface area (TPSA) is 27.3 Å². The van der Waals surface area contributed by atoms with E-state index in [4.69, 9.17) is 23.8 Å². The van der Waals surface area contributed by atoms with Gasteiger partial charge < -0.3 is 15.5 Å². The van der Waals surface area contributed by atoms with Gasteiger partial charge in [-0.2, -0.15) is 0 Å².